The molecule has 0 radical (unpaired) electrons. The average molecular weight is 275 g/mol. The molecule has 2 aromatic heterocycles. The molecule has 7 nitrogen and oxygen atoms in total. The number of anilines is 1. The van der Waals surface area contributed by atoms with E-state index < -0.39 is 0 Å². The van der Waals surface area contributed by atoms with Crippen molar-refractivity contribution < 1.29 is 4.74 Å². The SMILES string of the molecule is C#CCCn1c(=O)[nH]c2c(N)nc(OCCCC)nc21. The Morgan fingerprint density at radius 1 is 1.50 bits per heavy atom. The summed E-state index contributed by atoms with van der Waals surface area (Å²) in [5.74, 6) is 2.68. The Labute approximate surface area is 116 Å². The molecule has 0 spiro atoms. The van der Waals surface area contributed by atoms with Crippen LogP contribution in [0.5, 0.6) is 6.01 Å². The van der Waals surface area contributed by atoms with E-state index in [4.69, 9.17) is 16.9 Å². The predicted molar refractivity (Wildman–Crippen MR) is 76.4 cm³/mol. The quantitative estimate of drug-likeness (QED) is 0.603. The van der Waals surface area contributed by atoms with Crippen molar-refractivity contribution in [1.82, 2.24) is 19.5 Å². The lowest BCUT2D eigenvalue weighted by Crippen LogP contribution is -2.17. The number of aryl methyl sites for hydroxylation is 1. The van der Waals surface area contributed by atoms with Crippen LogP contribution in [0.4, 0.5) is 5.82 Å². The molecule has 0 fully saturated rings. The monoisotopic (exact) mass is 275 g/mol. The van der Waals surface area contributed by atoms with Crippen LogP contribution in [0.25, 0.3) is 11.2 Å². The Morgan fingerprint density at radius 3 is 3.00 bits per heavy atom. The number of fused-ring (bicyclic) bond motifs is 1. The summed E-state index contributed by atoms with van der Waals surface area (Å²) >= 11 is 0. The fraction of sp³-hybridized carbons (Fsp3) is 0.462. The molecule has 0 aliphatic carbocycles. The van der Waals surface area contributed by atoms with Gasteiger partial charge in [-0.15, -0.1) is 12.3 Å². The number of imidazole rings is 1. The molecular formula is C13H17N5O2. The second-order valence-corrected chi connectivity index (χ2v) is 4.33. The summed E-state index contributed by atoms with van der Waals surface area (Å²) < 4.78 is 6.88. The van der Waals surface area contributed by atoms with Gasteiger partial charge in [0.15, 0.2) is 11.5 Å². The van der Waals surface area contributed by atoms with Gasteiger partial charge in [0.1, 0.15) is 5.52 Å². The van der Waals surface area contributed by atoms with E-state index in [1.165, 1.54) is 4.57 Å². The third-order valence-corrected chi connectivity index (χ3v) is 2.84. The molecule has 0 saturated heterocycles. The third kappa shape index (κ3) is 2.74. The normalized spacial score (nSPS) is 10.6. The van der Waals surface area contributed by atoms with E-state index in [0.29, 0.717) is 30.7 Å². The molecule has 7 heteroatoms. The third-order valence-electron chi connectivity index (χ3n) is 2.84. The predicted octanol–water partition coefficient (Wildman–Crippen LogP) is 0.904. The molecule has 0 aromatic carbocycles. The molecule has 0 bridgehead atoms. The highest BCUT2D eigenvalue weighted by molar-refractivity contribution is 5.81. The number of nitrogens with one attached hydrogen (secondary N) is 1. The number of hydrogen-bond acceptors (Lipinski definition) is 5. The Kier molecular flexibility index (Phi) is 4.25. The van der Waals surface area contributed by atoms with Crippen LogP contribution in [0.3, 0.4) is 0 Å². The van der Waals surface area contributed by atoms with Gasteiger partial charge in [0.2, 0.25) is 0 Å². The number of terminal acetylenes is 1. The van der Waals surface area contributed by atoms with Gasteiger partial charge in [-0.3, -0.25) is 4.57 Å². The largest absolute Gasteiger partial charge is 0.463 e. The minimum absolute atomic E-state index is 0.178. The molecule has 0 aliphatic heterocycles. The van der Waals surface area contributed by atoms with Crippen LogP contribution in [0.15, 0.2) is 4.79 Å². The zero-order valence-corrected chi connectivity index (χ0v) is 11.3. The first-order valence-electron chi connectivity index (χ1n) is 6.49. The number of aromatic nitrogens is 4. The highest BCUT2D eigenvalue weighted by Crippen LogP contribution is 2.17. The summed E-state index contributed by atoms with van der Waals surface area (Å²) in [6.45, 7) is 2.95. The van der Waals surface area contributed by atoms with Crippen molar-refractivity contribution in [1.29, 1.82) is 0 Å². The smallest absolute Gasteiger partial charge is 0.327 e. The summed E-state index contributed by atoms with van der Waals surface area (Å²) in [5, 5.41) is 0. The number of aromatic amines is 1. The summed E-state index contributed by atoms with van der Waals surface area (Å²) in [5.41, 5.74) is 6.35. The van der Waals surface area contributed by atoms with Crippen LogP contribution in [0.1, 0.15) is 26.2 Å². The number of unbranched alkanes of at least 4 members (excludes halogenated alkanes) is 1. The van der Waals surface area contributed by atoms with E-state index in [1.807, 2.05) is 0 Å². The highest BCUT2D eigenvalue weighted by atomic mass is 16.5. The second-order valence-electron chi connectivity index (χ2n) is 4.33. The topological polar surface area (TPSA) is 98.8 Å². The first-order valence-corrected chi connectivity index (χ1v) is 6.49. The molecule has 2 heterocycles. The Hall–Kier alpha value is -2.49. The first kappa shape index (κ1) is 13.9. The van der Waals surface area contributed by atoms with Gasteiger partial charge < -0.3 is 15.5 Å². The number of nitrogens with zero attached hydrogens (tertiary/aromatic N) is 3. The molecule has 3 N–H and O–H groups in total. The van der Waals surface area contributed by atoms with Gasteiger partial charge in [0.25, 0.3) is 0 Å². The van der Waals surface area contributed by atoms with Gasteiger partial charge in [-0.25, -0.2) is 4.79 Å². The van der Waals surface area contributed by atoms with E-state index in [1.54, 1.807) is 0 Å². The molecule has 0 atom stereocenters. The Bertz CT molecular complexity index is 695. The van der Waals surface area contributed by atoms with Crippen molar-refractivity contribution in [2.45, 2.75) is 32.7 Å². The number of nitrogen functional groups attached to an aromatic ring is 1. The van der Waals surface area contributed by atoms with Crippen molar-refractivity contribution in [3.8, 4) is 18.4 Å². The van der Waals surface area contributed by atoms with Crippen molar-refractivity contribution in [3.05, 3.63) is 10.5 Å². The zero-order valence-electron chi connectivity index (χ0n) is 11.3. The fourth-order valence-electron chi connectivity index (χ4n) is 1.79. The lowest BCUT2D eigenvalue weighted by Gasteiger charge is -2.05. The van der Waals surface area contributed by atoms with E-state index in [2.05, 4.69) is 27.8 Å². The fourth-order valence-corrected chi connectivity index (χ4v) is 1.79. The number of H-pyrrole nitrogens is 1. The molecular weight excluding hydrogens is 258 g/mol. The van der Waals surface area contributed by atoms with Crippen molar-refractivity contribution >= 4 is 17.0 Å². The average Bonchev–Trinajstić information content (AvgIpc) is 2.74. The maximum atomic E-state index is 11.8. The molecule has 2 aromatic rings. The molecule has 0 amide bonds. The van der Waals surface area contributed by atoms with Gasteiger partial charge in [0, 0.05) is 13.0 Å². The van der Waals surface area contributed by atoms with Crippen LogP contribution in [-0.4, -0.2) is 26.1 Å². The molecule has 106 valence electrons. The van der Waals surface area contributed by atoms with Crippen LogP contribution >= 0.6 is 0 Å². The maximum Gasteiger partial charge on any atom is 0.327 e. The van der Waals surface area contributed by atoms with Gasteiger partial charge in [-0.05, 0) is 6.42 Å². The number of nitrogens with two attached hydrogens (primary N) is 1. The molecule has 0 aliphatic rings. The summed E-state index contributed by atoms with van der Waals surface area (Å²) in [6.07, 6.45) is 7.57. The van der Waals surface area contributed by atoms with E-state index in [-0.39, 0.29) is 17.5 Å². The van der Waals surface area contributed by atoms with Crippen LogP contribution in [0.2, 0.25) is 0 Å². The van der Waals surface area contributed by atoms with Crippen molar-refractivity contribution in [2.75, 3.05) is 12.3 Å². The van der Waals surface area contributed by atoms with E-state index in [0.717, 1.165) is 12.8 Å². The van der Waals surface area contributed by atoms with Gasteiger partial charge in [-0.2, -0.15) is 9.97 Å². The maximum absolute atomic E-state index is 11.8. The van der Waals surface area contributed by atoms with Crippen molar-refractivity contribution in [2.24, 2.45) is 0 Å². The van der Waals surface area contributed by atoms with Crippen LogP contribution in [-0.2, 0) is 6.54 Å². The van der Waals surface area contributed by atoms with Gasteiger partial charge in [-0.1, -0.05) is 13.3 Å². The zero-order chi connectivity index (χ0) is 14.5. The van der Waals surface area contributed by atoms with Crippen LogP contribution in [0, 0.1) is 12.3 Å². The summed E-state index contributed by atoms with van der Waals surface area (Å²) in [7, 11) is 0. The molecule has 2 rings (SSSR count). The highest BCUT2D eigenvalue weighted by Gasteiger charge is 2.13. The molecule has 0 unspecified atom stereocenters. The number of hydrogen-bond donors (Lipinski definition) is 2. The lowest BCUT2D eigenvalue weighted by atomic mass is 10.4. The standard InChI is InChI=1S/C13H17N5O2/c1-3-5-7-18-11-9(15-13(18)19)10(14)16-12(17-11)20-8-6-4-2/h1H,4-8H2,2H3,(H,15,19)(H2,14,16,17). The number of ether oxygens (including phenoxy) is 1. The second kappa shape index (κ2) is 6.10. The molecule has 0 saturated carbocycles. The Balaban J connectivity index is 2.40. The minimum atomic E-state index is -0.304. The number of rotatable bonds is 6. The van der Waals surface area contributed by atoms with E-state index >= 15 is 0 Å². The Morgan fingerprint density at radius 2 is 2.30 bits per heavy atom. The summed E-state index contributed by atoms with van der Waals surface area (Å²) in [6, 6.07) is 0.178. The minimum Gasteiger partial charge on any atom is -0.463 e. The van der Waals surface area contributed by atoms with Crippen molar-refractivity contribution in [3.63, 3.8) is 0 Å². The van der Waals surface area contributed by atoms with E-state index in [9.17, 15) is 4.79 Å². The van der Waals surface area contributed by atoms with Crippen LogP contribution < -0.4 is 16.2 Å². The lowest BCUT2D eigenvalue weighted by molar-refractivity contribution is 0.286. The molecule has 20 heavy (non-hydrogen) atoms. The van der Waals surface area contributed by atoms with Gasteiger partial charge in [0.05, 0.1) is 6.61 Å². The summed E-state index contributed by atoms with van der Waals surface area (Å²) in [4.78, 5) is 22.7. The first-order chi connectivity index (χ1) is 9.67. The van der Waals surface area contributed by atoms with Gasteiger partial charge >= 0.3 is 11.7 Å².